The molecular weight excluding hydrogens is 368 g/mol. The molecule has 0 radical (unpaired) electrons. The van der Waals surface area contributed by atoms with Crippen LogP contribution in [0.2, 0.25) is 0 Å². The standard InChI is InChI=1S/C19H22N2O3S2/c1-13-5-2-3-6-14(13)11-25-18-16-7-4-8-17(16)21(19(22)20-18)15-9-10-26(23,24)12-15/h2-3,5-6,15H,4,7-12H2,1H3/t15-/m1/s1. The third-order valence-electron chi connectivity index (χ3n) is 5.34. The van der Waals surface area contributed by atoms with Crippen molar-refractivity contribution in [3.63, 3.8) is 0 Å². The van der Waals surface area contributed by atoms with E-state index in [1.165, 1.54) is 11.1 Å². The first-order valence-corrected chi connectivity index (χ1v) is 11.8. The fraction of sp³-hybridized carbons (Fsp3) is 0.474. The average Bonchev–Trinajstić information content (AvgIpc) is 3.20. The van der Waals surface area contributed by atoms with Gasteiger partial charge < -0.3 is 0 Å². The largest absolute Gasteiger partial charge is 0.349 e. The molecule has 0 spiro atoms. The van der Waals surface area contributed by atoms with Crippen molar-refractivity contribution in [2.24, 2.45) is 0 Å². The summed E-state index contributed by atoms with van der Waals surface area (Å²) in [5.74, 6) is 1.02. The molecule has 0 N–H and O–H groups in total. The lowest BCUT2D eigenvalue weighted by atomic mass is 10.1. The molecule has 0 bridgehead atoms. The molecule has 7 heteroatoms. The van der Waals surface area contributed by atoms with Crippen LogP contribution in [0.4, 0.5) is 0 Å². The predicted octanol–water partition coefficient (Wildman–Crippen LogP) is 2.69. The highest BCUT2D eigenvalue weighted by atomic mass is 32.2. The third-order valence-corrected chi connectivity index (χ3v) is 8.16. The first-order chi connectivity index (χ1) is 12.4. The summed E-state index contributed by atoms with van der Waals surface area (Å²) in [6.07, 6.45) is 3.27. The second kappa shape index (κ2) is 6.85. The number of nitrogens with zero attached hydrogens (tertiary/aromatic N) is 2. The minimum Gasteiger partial charge on any atom is -0.292 e. The molecule has 1 aromatic carbocycles. The fourth-order valence-electron chi connectivity index (χ4n) is 3.94. The van der Waals surface area contributed by atoms with E-state index in [2.05, 4.69) is 24.0 Å². The highest BCUT2D eigenvalue weighted by Crippen LogP contribution is 2.34. The van der Waals surface area contributed by atoms with Crippen LogP contribution in [0.1, 0.15) is 41.3 Å². The lowest BCUT2D eigenvalue weighted by Crippen LogP contribution is -2.31. The van der Waals surface area contributed by atoms with E-state index in [0.29, 0.717) is 6.42 Å². The Balaban J connectivity index is 1.66. The Morgan fingerprint density at radius 1 is 1.27 bits per heavy atom. The molecule has 1 saturated heterocycles. The molecule has 1 aliphatic heterocycles. The number of rotatable bonds is 4. The van der Waals surface area contributed by atoms with Gasteiger partial charge in [-0.1, -0.05) is 24.3 Å². The molecule has 5 nitrogen and oxygen atoms in total. The molecule has 1 aliphatic carbocycles. The number of fused-ring (bicyclic) bond motifs is 1. The van der Waals surface area contributed by atoms with Crippen LogP contribution < -0.4 is 5.69 Å². The normalized spacial score (nSPS) is 21.0. The maximum Gasteiger partial charge on any atom is 0.349 e. The average molecular weight is 391 g/mol. The van der Waals surface area contributed by atoms with Crippen molar-refractivity contribution in [3.05, 3.63) is 57.1 Å². The molecule has 1 fully saturated rings. The monoisotopic (exact) mass is 390 g/mol. The smallest absolute Gasteiger partial charge is 0.292 e. The van der Waals surface area contributed by atoms with E-state index in [1.807, 2.05) is 12.1 Å². The van der Waals surface area contributed by atoms with Crippen LogP contribution in [-0.4, -0.2) is 29.5 Å². The number of hydrogen-bond acceptors (Lipinski definition) is 5. The molecule has 0 amide bonds. The van der Waals surface area contributed by atoms with E-state index < -0.39 is 9.84 Å². The molecule has 2 aromatic rings. The van der Waals surface area contributed by atoms with Gasteiger partial charge in [-0.3, -0.25) is 4.57 Å². The maximum absolute atomic E-state index is 12.7. The van der Waals surface area contributed by atoms with Gasteiger partial charge in [0.1, 0.15) is 5.03 Å². The number of benzene rings is 1. The minimum absolute atomic E-state index is 0.0662. The fourth-order valence-corrected chi connectivity index (χ4v) is 6.79. The van der Waals surface area contributed by atoms with Gasteiger partial charge in [0.2, 0.25) is 0 Å². The van der Waals surface area contributed by atoms with Crippen LogP contribution in [0.5, 0.6) is 0 Å². The summed E-state index contributed by atoms with van der Waals surface area (Å²) in [7, 11) is -3.03. The second-order valence-corrected chi connectivity index (χ2v) is 10.3. The molecule has 1 aromatic heterocycles. The van der Waals surface area contributed by atoms with Crippen LogP contribution in [-0.2, 0) is 28.4 Å². The van der Waals surface area contributed by atoms with Crippen LogP contribution in [0.15, 0.2) is 34.1 Å². The zero-order chi connectivity index (χ0) is 18.3. The highest BCUT2D eigenvalue weighted by molar-refractivity contribution is 7.98. The molecule has 0 unspecified atom stereocenters. The summed E-state index contributed by atoms with van der Waals surface area (Å²) in [5, 5.41) is 0.822. The Morgan fingerprint density at radius 2 is 2.08 bits per heavy atom. The van der Waals surface area contributed by atoms with Gasteiger partial charge in [-0.15, -0.1) is 11.8 Å². The Bertz CT molecular complexity index is 1010. The van der Waals surface area contributed by atoms with E-state index in [9.17, 15) is 13.2 Å². The van der Waals surface area contributed by atoms with Gasteiger partial charge in [-0.2, -0.15) is 4.98 Å². The number of thioether (sulfide) groups is 1. The van der Waals surface area contributed by atoms with Crippen molar-refractivity contribution in [2.45, 2.75) is 49.4 Å². The third kappa shape index (κ3) is 3.34. The van der Waals surface area contributed by atoms with E-state index in [-0.39, 0.29) is 23.2 Å². The summed E-state index contributed by atoms with van der Waals surface area (Å²) in [5.41, 5.74) is 4.35. The molecular formula is C19H22N2O3S2. The predicted molar refractivity (Wildman–Crippen MR) is 104 cm³/mol. The Morgan fingerprint density at radius 3 is 2.81 bits per heavy atom. The van der Waals surface area contributed by atoms with Gasteiger partial charge >= 0.3 is 5.69 Å². The molecule has 2 heterocycles. The van der Waals surface area contributed by atoms with Gasteiger partial charge in [0, 0.05) is 17.0 Å². The van der Waals surface area contributed by atoms with Crippen molar-refractivity contribution in [1.82, 2.24) is 9.55 Å². The van der Waals surface area contributed by atoms with Crippen LogP contribution in [0, 0.1) is 6.92 Å². The van der Waals surface area contributed by atoms with Crippen LogP contribution in [0.3, 0.4) is 0 Å². The lowest BCUT2D eigenvalue weighted by molar-refractivity contribution is 0.502. The minimum atomic E-state index is -3.03. The Labute approximate surface area is 157 Å². The first-order valence-electron chi connectivity index (χ1n) is 8.96. The van der Waals surface area contributed by atoms with Gasteiger partial charge in [-0.05, 0) is 43.7 Å². The topological polar surface area (TPSA) is 69.0 Å². The van der Waals surface area contributed by atoms with E-state index in [1.54, 1.807) is 16.3 Å². The summed E-state index contributed by atoms with van der Waals surface area (Å²) in [4.78, 5) is 17.1. The zero-order valence-corrected chi connectivity index (χ0v) is 16.4. The number of aromatic nitrogens is 2. The first kappa shape index (κ1) is 17.8. The molecule has 26 heavy (non-hydrogen) atoms. The van der Waals surface area contributed by atoms with Crippen molar-refractivity contribution in [3.8, 4) is 0 Å². The molecule has 1 atom stereocenters. The van der Waals surface area contributed by atoms with E-state index >= 15 is 0 Å². The maximum atomic E-state index is 12.7. The van der Waals surface area contributed by atoms with Crippen molar-refractivity contribution >= 4 is 21.6 Å². The zero-order valence-electron chi connectivity index (χ0n) is 14.8. The van der Waals surface area contributed by atoms with Gasteiger partial charge in [0.15, 0.2) is 9.84 Å². The number of hydrogen-bond donors (Lipinski definition) is 0. The van der Waals surface area contributed by atoms with Crippen LogP contribution >= 0.6 is 11.8 Å². The molecule has 2 aliphatic rings. The summed E-state index contributed by atoms with van der Waals surface area (Å²) >= 11 is 1.62. The lowest BCUT2D eigenvalue weighted by Gasteiger charge is -2.18. The SMILES string of the molecule is Cc1ccccc1CSc1nc(=O)n([C@@H]2CCS(=O)(=O)C2)c2c1CCC2. The van der Waals surface area contributed by atoms with Crippen LogP contribution in [0.25, 0.3) is 0 Å². The molecule has 138 valence electrons. The second-order valence-electron chi connectivity index (χ2n) is 7.12. The van der Waals surface area contributed by atoms with Crippen molar-refractivity contribution in [2.75, 3.05) is 11.5 Å². The summed E-state index contributed by atoms with van der Waals surface area (Å²) < 4.78 is 25.4. The van der Waals surface area contributed by atoms with Crippen molar-refractivity contribution in [1.29, 1.82) is 0 Å². The van der Waals surface area contributed by atoms with E-state index in [0.717, 1.165) is 41.3 Å². The Kier molecular flexibility index (Phi) is 4.69. The van der Waals surface area contributed by atoms with Gasteiger partial charge in [0.25, 0.3) is 0 Å². The summed E-state index contributed by atoms with van der Waals surface area (Å²) in [6.45, 7) is 2.09. The van der Waals surface area contributed by atoms with Crippen molar-refractivity contribution < 1.29 is 8.42 Å². The Hall–Kier alpha value is -1.60. The van der Waals surface area contributed by atoms with E-state index in [4.69, 9.17) is 0 Å². The number of sulfone groups is 1. The molecule has 0 saturated carbocycles. The quantitative estimate of drug-likeness (QED) is 0.593. The highest BCUT2D eigenvalue weighted by Gasteiger charge is 2.33. The number of aryl methyl sites for hydroxylation is 1. The summed E-state index contributed by atoms with van der Waals surface area (Å²) in [6, 6.07) is 8.00. The van der Waals surface area contributed by atoms with Gasteiger partial charge in [-0.25, -0.2) is 13.2 Å². The van der Waals surface area contributed by atoms with Gasteiger partial charge in [0.05, 0.1) is 17.5 Å². The molecule has 4 rings (SSSR count).